The minimum atomic E-state index is -0.897. The van der Waals surface area contributed by atoms with Crippen LogP contribution in [0.4, 0.5) is 5.69 Å². The first kappa shape index (κ1) is 23.2. The molecule has 32 heavy (non-hydrogen) atoms. The number of aliphatic hydroxyl groups is 1. The molecule has 1 amide bonds. The highest BCUT2D eigenvalue weighted by molar-refractivity contribution is 6.17. The van der Waals surface area contributed by atoms with Gasteiger partial charge in [0.05, 0.1) is 24.8 Å². The second-order valence-corrected chi connectivity index (χ2v) is 8.51. The molecule has 2 N–H and O–H groups in total. The molecule has 7 heteroatoms. The summed E-state index contributed by atoms with van der Waals surface area (Å²) in [5.74, 6) is -0.864. The average molecular weight is 440 g/mol. The lowest BCUT2D eigenvalue weighted by Crippen LogP contribution is -2.32. The van der Waals surface area contributed by atoms with Gasteiger partial charge in [-0.05, 0) is 43.7 Å². The van der Waals surface area contributed by atoms with Crippen LogP contribution in [0.15, 0.2) is 53.8 Å². The summed E-state index contributed by atoms with van der Waals surface area (Å²) in [7, 11) is 0. The van der Waals surface area contributed by atoms with Crippen molar-refractivity contribution in [3.05, 3.63) is 59.4 Å². The number of hydrogen-bond donors (Lipinski definition) is 2. The van der Waals surface area contributed by atoms with E-state index in [-0.39, 0.29) is 22.9 Å². The Bertz CT molecular complexity index is 1070. The molecule has 0 aliphatic carbocycles. The summed E-state index contributed by atoms with van der Waals surface area (Å²) in [4.78, 5) is 27.9. The van der Waals surface area contributed by atoms with E-state index in [4.69, 9.17) is 9.47 Å². The largest absolute Gasteiger partial charge is 0.504 e. The SMILES string of the molecule is CCOc1cccc(N2C(=O)C(O)=C(C(=O)C(C)(C)C)C2c2ccc(O)c(OCC)c2)c1. The molecule has 0 saturated carbocycles. The van der Waals surface area contributed by atoms with E-state index in [1.807, 2.05) is 6.92 Å². The summed E-state index contributed by atoms with van der Waals surface area (Å²) < 4.78 is 11.1. The number of aromatic hydroxyl groups is 1. The van der Waals surface area contributed by atoms with Gasteiger partial charge in [-0.2, -0.15) is 0 Å². The molecule has 3 rings (SSSR count). The molecular weight excluding hydrogens is 410 g/mol. The van der Waals surface area contributed by atoms with Gasteiger partial charge in [0.15, 0.2) is 23.0 Å². The summed E-state index contributed by atoms with van der Waals surface area (Å²) in [6.07, 6.45) is 0. The van der Waals surface area contributed by atoms with Crippen molar-refractivity contribution in [1.29, 1.82) is 0 Å². The molecule has 1 aliphatic heterocycles. The molecule has 0 bridgehead atoms. The number of aliphatic hydroxyl groups excluding tert-OH is 1. The number of anilines is 1. The van der Waals surface area contributed by atoms with Crippen LogP contribution in [0.3, 0.4) is 0 Å². The average Bonchev–Trinajstić information content (AvgIpc) is 3.00. The van der Waals surface area contributed by atoms with Crippen LogP contribution in [0.2, 0.25) is 0 Å². The smallest absolute Gasteiger partial charge is 0.294 e. The number of phenols is 1. The Morgan fingerprint density at radius 1 is 1.03 bits per heavy atom. The van der Waals surface area contributed by atoms with E-state index in [1.54, 1.807) is 64.1 Å². The fourth-order valence-corrected chi connectivity index (χ4v) is 3.68. The van der Waals surface area contributed by atoms with Crippen molar-refractivity contribution in [2.24, 2.45) is 5.41 Å². The van der Waals surface area contributed by atoms with Gasteiger partial charge < -0.3 is 19.7 Å². The summed E-state index contributed by atoms with van der Waals surface area (Å²) in [6.45, 7) is 9.63. The second kappa shape index (κ2) is 8.94. The van der Waals surface area contributed by atoms with Crippen LogP contribution in [-0.4, -0.2) is 35.1 Å². The van der Waals surface area contributed by atoms with E-state index < -0.39 is 23.1 Å². The predicted molar refractivity (Wildman–Crippen MR) is 121 cm³/mol. The number of Topliss-reactive ketones (excluding diaryl/α,β-unsaturated/α-hetero) is 1. The number of ether oxygens (including phenoxy) is 2. The Kier molecular flexibility index (Phi) is 6.48. The molecule has 0 fully saturated rings. The molecule has 2 aromatic carbocycles. The van der Waals surface area contributed by atoms with E-state index in [1.165, 1.54) is 11.0 Å². The van der Waals surface area contributed by atoms with Crippen LogP contribution >= 0.6 is 0 Å². The standard InChI is InChI=1S/C25H29NO6/c1-6-31-17-10-8-9-16(14-17)26-21(15-11-12-18(27)19(13-15)32-7-2)20(22(28)24(26)30)23(29)25(3,4)5/h8-14,21,27-28H,6-7H2,1-5H3. The van der Waals surface area contributed by atoms with Crippen LogP contribution in [0, 0.1) is 5.41 Å². The van der Waals surface area contributed by atoms with Gasteiger partial charge in [-0.25, -0.2) is 0 Å². The molecule has 1 aliphatic rings. The Hall–Kier alpha value is -3.48. The van der Waals surface area contributed by atoms with Crippen LogP contribution in [-0.2, 0) is 9.59 Å². The number of carbonyl (C=O) groups is 2. The highest BCUT2D eigenvalue weighted by atomic mass is 16.5. The van der Waals surface area contributed by atoms with E-state index in [2.05, 4.69) is 0 Å². The third-order valence-corrected chi connectivity index (χ3v) is 5.14. The first-order chi connectivity index (χ1) is 15.1. The normalized spacial score (nSPS) is 16.5. The number of hydrogen-bond acceptors (Lipinski definition) is 6. The molecule has 7 nitrogen and oxygen atoms in total. The zero-order chi connectivity index (χ0) is 23.6. The van der Waals surface area contributed by atoms with Gasteiger partial charge in [0, 0.05) is 17.2 Å². The zero-order valence-corrected chi connectivity index (χ0v) is 19.0. The van der Waals surface area contributed by atoms with Crippen LogP contribution in [0.1, 0.15) is 46.2 Å². The number of carbonyl (C=O) groups excluding carboxylic acids is 2. The van der Waals surface area contributed by atoms with Crippen LogP contribution < -0.4 is 14.4 Å². The quantitative estimate of drug-likeness (QED) is 0.649. The van der Waals surface area contributed by atoms with Gasteiger partial charge in [0.1, 0.15) is 5.75 Å². The number of ketones is 1. The van der Waals surface area contributed by atoms with E-state index >= 15 is 0 Å². The first-order valence-electron chi connectivity index (χ1n) is 10.6. The predicted octanol–water partition coefficient (Wildman–Crippen LogP) is 4.70. The van der Waals surface area contributed by atoms with Gasteiger partial charge >= 0.3 is 0 Å². The van der Waals surface area contributed by atoms with Crippen molar-refractivity contribution in [1.82, 2.24) is 0 Å². The van der Waals surface area contributed by atoms with Crippen molar-refractivity contribution in [3.63, 3.8) is 0 Å². The molecule has 2 aromatic rings. The number of phenolic OH excluding ortho intramolecular Hbond substituents is 1. The molecular formula is C25H29NO6. The molecule has 1 heterocycles. The number of benzene rings is 2. The zero-order valence-electron chi connectivity index (χ0n) is 19.0. The number of rotatable bonds is 7. The maximum Gasteiger partial charge on any atom is 0.294 e. The Labute approximate surface area is 187 Å². The minimum Gasteiger partial charge on any atom is -0.504 e. The maximum atomic E-state index is 13.3. The monoisotopic (exact) mass is 439 g/mol. The molecule has 0 radical (unpaired) electrons. The maximum absolute atomic E-state index is 13.3. The van der Waals surface area contributed by atoms with E-state index in [0.717, 1.165) is 0 Å². The first-order valence-corrected chi connectivity index (χ1v) is 10.6. The van der Waals surface area contributed by atoms with Gasteiger partial charge in [0.2, 0.25) is 0 Å². The lowest BCUT2D eigenvalue weighted by molar-refractivity contribution is -0.123. The van der Waals surface area contributed by atoms with Crippen LogP contribution in [0.5, 0.6) is 17.2 Å². The summed E-state index contributed by atoms with van der Waals surface area (Å²) in [5.41, 5.74) is 0.181. The summed E-state index contributed by atoms with van der Waals surface area (Å²) >= 11 is 0. The van der Waals surface area contributed by atoms with Crippen molar-refractivity contribution in [2.75, 3.05) is 18.1 Å². The second-order valence-electron chi connectivity index (χ2n) is 8.51. The van der Waals surface area contributed by atoms with Gasteiger partial charge in [-0.3, -0.25) is 14.5 Å². The highest BCUT2D eigenvalue weighted by Gasteiger charge is 2.47. The van der Waals surface area contributed by atoms with Crippen molar-refractivity contribution in [3.8, 4) is 17.2 Å². The van der Waals surface area contributed by atoms with Gasteiger partial charge in [-0.15, -0.1) is 0 Å². The lowest BCUT2D eigenvalue weighted by Gasteiger charge is -2.29. The van der Waals surface area contributed by atoms with Crippen molar-refractivity contribution in [2.45, 2.75) is 40.7 Å². The molecule has 0 spiro atoms. The molecule has 1 unspecified atom stereocenters. The Morgan fingerprint density at radius 2 is 1.72 bits per heavy atom. The fourth-order valence-electron chi connectivity index (χ4n) is 3.68. The number of amides is 1. The minimum absolute atomic E-state index is 0.0115. The van der Waals surface area contributed by atoms with Crippen LogP contribution in [0.25, 0.3) is 0 Å². The summed E-state index contributed by atoms with van der Waals surface area (Å²) in [6, 6.07) is 10.7. The summed E-state index contributed by atoms with van der Waals surface area (Å²) in [5, 5.41) is 21.0. The lowest BCUT2D eigenvalue weighted by atomic mass is 9.82. The fraction of sp³-hybridized carbons (Fsp3) is 0.360. The van der Waals surface area contributed by atoms with E-state index in [0.29, 0.717) is 30.2 Å². The van der Waals surface area contributed by atoms with E-state index in [9.17, 15) is 19.8 Å². The van der Waals surface area contributed by atoms with Crippen molar-refractivity contribution >= 4 is 17.4 Å². The topological polar surface area (TPSA) is 96.3 Å². The highest BCUT2D eigenvalue weighted by Crippen LogP contribution is 2.45. The molecule has 0 saturated heterocycles. The third-order valence-electron chi connectivity index (χ3n) is 5.14. The third kappa shape index (κ3) is 4.28. The molecule has 0 aromatic heterocycles. The number of nitrogens with zero attached hydrogens (tertiary/aromatic N) is 1. The van der Waals surface area contributed by atoms with Gasteiger partial charge in [0.25, 0.3) is 5.91 Å². The van der Waals surface area contributed by atoms with Gasteiger partial charge in [-0.1, -0.05) is 32.9 Å². The molecule has 170 valence electrons. The Balaban J connectivity index is 2.21. The molecule has 1 atom stereocenters. The van der Waals surface area contributed by atoms with Crippen molar-refractivity contribution < 1.29 is 29.3 Å². The Morgan fingerprint density at radius 3 is 2.34 bits per heavy atom.